The van der Waals surface area contributed by atoms with E-state index in [0.29, 0.717) is 18.7 Å². The van der Waals surface area contributed by atoms with Crippen LogP contribution < -0.4 is 5.30 Å². The number of rotatable bonds is 8. The first kappa shape index (κ1) is 20.3. The highest BCUT2D eigenvalue weighted by Crippen LogP contribution is 2.36. The second kappa shape index (κ2) is 8.27. The van der Waals surface area contributed by atoms with Crippen molar-refractivity contribution < 1.29 is 19.0 Å². The largest absolute Gasteiger partial charge is 0.382 e. The summed E-state index contributed by atoms with van der Waals surface area (Å²) in [4.78, 5) is 14.3. The third-order valence-electron chi connectivity index (χ3n) is 4.46. The number of methoxy groups -OCH3 is 1. The fraction of sp³-hybridized carbons (Fsp3) is 0.300. The molecule has 0 bridgehead atoms. The Morgan fingerprint density at radius 1 is 1.11 bits per heavy atom. The smallest absolute Gasteiger partial charge is 0.293 e. The molecule has 0 amide bonds. The monoisotopic (exact) mass is 402 g/mol. The standard InChI is InChI=1S/C20H23N2O5P/c1-26-8-9-27-13-14-10-16-12-18(21-20(16)19(11-14)22(23)24)15-4-6-17(7-5-15)28(2,3)25/h4-7,10-12,21H,8-9,13H2,1-3H3. The number of hydrogen-bond donors (Lipinski definition) is 1. The minimum absolute atomic E-state index is 0.0114. The lowest BCUT2D eigenvalue weighted by Crippen LogP contribution is -2.02. The second-order valence-electron chi connectivity index (χ2n) is 6.96. The van der Waals surface area contributed by atoms with E-state index in [9.17, 15) is 14.7 Å². The molecule has 0 unspecified atom stereocenters. The fourth-order valence-electron chi connectivity index (χ4n) is 3.00. The highest BCUT2D eigenvalue weighted by Gasteiger charge is 2.18. The number of benzene rings is 2. The first-order valence-electron chi connectivity index (χ1n) is 8.82. The summed E-state index contributed by atoms with van der Waals surface area (Å²) < 4.78 is 22.6. The zero-order valence-corrected chi connectivity index (χ0v) is 17.0. The van der Waals surface area contributed by atoms with Crippen molar-refractivity contribution in [3.63, 3.8) is 0 Å². The lowest BCUT2D eigenvalue weighted by atomic mass is 10.1. The Hall–Kier alpha value is -2.47. The van der Waals surface area contributed by atoms with Gasteiger partial charge in [-0.25, -0.2) is 0 Å². The number of aromatic nitrogens is 1. The zero-order chi connectivity index (χ0) is 20.3. The maximum atomic E-state index is 12.2. The van der Waals surface area contributed by atoms with Crippen molar-refractivity contribution in [1.29, 1.82) is 0 Å². The third kappa shape index (κ3) is 4.50. The minimum Gasteiger partial charge on any atom is -0.382 e. The summed E-state index contributed by atoms with van der Waals surface area (Å²) in [7, 11) is -0.732. The van der Waals surface area contributed by atoms with Crippen LogP contribution in [0.4, 0.5) is 5.69 Å². The van der Waals surface area contributed by atoms with Gasteiger partial charge in [0, 0.05) is 29.6 Å². The lowest BCUT2D eigenvalue weighted by Gasteiger charge is -2.07. The molecule has 8 heteroatoms. The first-order chi connectivity index (χ1) is 13.3. The van der Waals surface area contributed by atoms with Crippen molar-refractivity contribution in [2.45, 2.75) is 6.61 Å². The van der Waals surface area contributed by atoms with Crippen LogP contribution >= 0.6 is 7.14 Å². The summed E-state index contributed by atoms with van der Waals surface area (Å²) in [6.45, 7) is 4.62. The lowest BCUT2D eigenvalue weighted by molar-refractivity contribution is -0.383. The van der Waals surface area contributed by atoms with Crippen LogP contribution in [0.25, 0.3) is 22.2 Å². The summed E-state index contributed by atoms with van der Waals surface area (Å²) >= 11 is 0. The summed E-state index contributed by atoms with van der Waals surface area (Å²) in [6.07, 6.45) is 0. The second-order valence-corrected chi connectivity index (χ2v) is 10.2. The number of non-ortho nitro benzene ring substituents is 1. The predicted octanol–water partition coefficient (Wildman–Crippen LogP) is 4.15. The molecule has 0 spiro atoms. The van der Waals surface area contributed by atoms with Crippen LogP contribution in [0.3, 0.4) is 0 Å². The van der Waals surface area contributed by atoms with Crippen molar-refractivity contribution in [2.24, 2.45) is 0 Å². The van der Waals surface area contributed by atoms with Gasteiger partial charge in [0.25, 0.3) is 5.69 Å². The number of nitrogens with one attached hydrogen (secondary N) is 1. The van der Waals surface area contributed by atoms with E-state index >= 15 is 0 Å². The van der Waals surface area contributed by atoms with E-state index in [0.717, 1.165) is 27.5 Å². The van der Waals surface area contributed by atoms with Crippen LogP contribution in [0.15, 0.2) is 42.5 Å². The van der Waals surface area contributed by atoms with E-state index in [4.69, 9.17) is 9.47 Å². The molecule has 0 aliphatic heterocycles. The molecule has 0 atom stereocenters. The molecule has 3 aromatic rings. The van der Waals surface area contributed by atoms with Crippen LogP contribution in [0.1, 0.15) is 5.56 Å². The number of hydrogen-bond acceptors (Lipinski definition) is 5. The van der Waals surface area contributed by atoms with Crippen molar-refractivity contribution in [1.82, 2.24) is 4.98 Å². The van der Waals surface area contributed by atoms with Gasteiger partial charge in [-0.05, 0) is 36.6 Å². The Kier molecular flexibility index (Phi) is 5.98. The average Bonchev–Trinajstić information content (AvgIpc) is 3.08. The van der Waals surface area contributed by atoms with E-state index in [1.165, 1.54) is 6.07 Å². The van der Waals surface area contributed by atoms with Crippen LogP contribution in [-0.4, -0.2) is 43.6 Å². The molecular weight excluding hydrogens is 379 g/mol. The van der Waals surface area contributed by atoms with E-state index in [1.807, 2.05) is 36.4 Å². The fourth-order valence-corrected chi connectivity index (χ4v) is 3.87. The predicted molar refractivity (Wildman–Crippen MR) is 111 cm³/mol. The Morgan fingerprint density at radius 3 is 2.43 bits per heavy atom. The topological polar surface area (TPSA) is 94.5 Å². The van der Waals surface area contributed by atoms with Crippen molar-refractivity contribution in [2.75, 3.05) is 33.7 Å². The van der Waals surface area contributed by atoms with Crippen molar-refractivity contribution >= 4 is 29.0 Å². The van der Waals surface area contributed by atoms with Gasteiger partial charge in [0.15, 0.2) is 0 Å². The van der Waals surface area contributed by atoms with Gasteiger partial charge in [0.1, 0.15) is 12.7 Å². The van der Waals surface area contributed by atoms with E-state index in [-0.39, 0.29) is 12.3 Å². The molecule has 0 aliphatic rings. The van der Waals surface area contributed by atoms with Crippen LogP contribution in [0.2, 0.25) is 0 Å². The highest BCUT2D eigenvalue weighted by atomic mass is 31.2. The van der Waals surface area contributed by atoms with Crippen molar-refractivity contribution in [3.05, 3.63) is 58.1 Å². The molecule has 0 radical (unpaired) electrons. The molecule has 2 aromatic carbocycles. The number of ether oxygens (including phenoxy) is 2. The van der Waals surface area contributed by atoms with Gasteiger partial charge in [-0.2, -0.15) is 0 Å². The summed E-state index contributed by atoms with van der Waals surface area (Å²) in [6, 6.07) is 12.7. The minimum atomic E-state index is -2.32. The molecule has 0 fully saturated rings. The number of nitro benzene ring substituents is 1. The maximum absolute atomic E-state index is 12.2. The summed E-state index contributed by atoms with van der Waals surface area (Å²) in [5.74, 6) is 0. The highest BCUT2D eigenvalue weighted by molar-refractivity contribution is 7.70. The van der Waals surface area contributed by atoms with Gasteiger partial charge in [-0.3, -0.25) is 10.1 Å². The number of nitrogens with zero attached hydrogens (tertiary/aromatic N) is 1. The third-order valence-corrected chi connectivity index (χ3v) is 6.01. The van der Waals surface area contributed by atoms with Crippen LogP contribution in [0.5, 0.6) is 0 Å². The molecule has 1 heterocycles. The molecule has 3 rings (SSSR count). The molecule has 0 saturated heterocycles. The van der Waals surface area contributed by atoms with Crippen LogP contribution in [0, 0.1) is 10.1 Å². The van der Waals surface area contributed by atoms with E-state index in [1.54, 1.807) is 20.4 Å². The molecule has 0 aliphatic carbocycles. The Balaban J connectivity index is 1.96. The van der Waals surface area contributed by atoms with Gasteiger partial charge in [-0.15, -0.1) is 0 Å². The van der Waals surface area contributed by atoms with E-state index in [2.05, 4.69) is 4.98 Å². The molecule has 1 aromatic heterocycles. The van der Waals surface area contributed by atoms with Gasteiger partial charge >= 0.3 is 0 Å². The molecule has 0 saturated carbocycles. The Labute approximate surface area is 163 Å². The quantitative estimate of drug-likeness (QED) is 0.264. The summed E-state index contributed by atoms with van der Waals surface area (Å²) in [5, 5.41) is 13.1. The van der Waals surface area contributed by atoms with Gasteiger partial charge in [0.2, 0.25) is 0 Å². The molecule has 1 N–H and O–H groups in total. The van der Waals surface area contributed by atoms with Crippen LogP contribution in [-0.2, 0) is 20.6 Å². The first-order valence-corrected chi connectivity index (χ1v) is 11.4. The number of nitro groups is 1. The van der Waals surface area contributed by atoms with Gasteiger partial charge in [0.05, 0.1) is 24.7 Å². The summed E-state index contributed by atoms with van der Waals surface area (Å²) in [5.41, 5.74) is 2.86. The Morgan fingerprint density at radius 2 is 1.82 bits per heavy atom. The number of fused-ring (bicyclic) bond motifs is 1. The molecular formula is C20H23N2O5P. The SMILES string of the molecule is COCCOCc1cc([N+](=O)[O-])c2[nH]c(-c3ccc(P(C)(C)=O)cc3)cc2c1. The zero-order valence-electron chi connectivity index (χ0n) is 16.1. The number of H-pyrrole nitrogens is 1. The molecule has 28 heavy (non-hydrogen) atoms. The number of aromatic amines is 1. The maximum Gasteiger partial charge on any atom is 0.293 e. The Bertz CT molecular complexity index is 1040. The van der Waals surface area contributed by atoms with E-state index < -0.39 is 12.1 Å². The average molecular weight is 402 g/mol. The normalized spacial score (nSPS) is 11.8. The molecule has 148 valence electrons. The van der Waals surface area contributed by atoms with Gasteiger partial charge in [-0.1, -0.05) is 24.3 Å². The van der Waals surface area contributed by atoms with Gasteiger partial charge < -0.3 is 19.0 Å². The van der Waals surface area contributed by atoms with Crippen molar-refractivity contribution in [3.8, 4) is 11.3 Å². The molecule has 7 nitrogen and oxygen atoms in total.